The fourth-order valence-electron chi connectivity index (χ4n) is 1.27. The minimum atomic E-state index is -0.485. The Balaban J connectivity index is 2.79. The minimum Gasteiger partial charge on any atom is -0.399 e. The molecule has 0 aliphatic carbocycles. The zero-order valence-corrected chi connectivity index (χ0v) is 9.70. The van der Waals surface area contributed by atoms with Crippen LogP contribution in [0.5, 0.6) is 0 Å². The second-order valence-corrected chi connectivity index (χ2v) is 3.77. The molecule has 0 fully saturated rings. The second-order valence-electron chi connectivity index (χ2n) is 3.33. The van der Waals surface area contributed by atoms with E-state index in [1.54, 1.807) is 12.2 Å². The number of hydrogen-bond donors (Lipinski definition) is 3. The molecule has 1 heterocycles. The Morgan fingerprint density at radius 3 is 3.06 bits per heavy atom. The third-order valence-electron chi connectivity index (χ3n) is 2.20. The van der Waals surface area contributed by atoms with Crippen LogP contribution in [0, 0.1) is 10.1 Å². The van der Waals surface area contributed by atoms with Gasteiger partial charge in [0.2, 0.25) is 0 Å². The number of rotatable bonds is 3. The Labute approximate surface area is 99.0 Å². The second kappa shape index (κ2) is 5.44. The van der Waals surface area contributed by atoms with Gasteiger partial charge in [-0.05, 0) is 18.6 Å². The van der Waals surface area contributed by atoms with Crippen molar-refractivity contribution in [3.63, 3.8) is 0 Å². The first-order chi connectivity index (χ1) is 7.54. The van der Waals surface area contributed by atoms with Gasteiger partial charge in [0.05, 0.1) is 17.5 Å². The topological polar surface area (TPSA) is 81.2 Å². The number of nitrogens with two attached hydrogens (primary N) is 1. The zero-order chi connectivity index (χ0) is 12.1. The lowest BCUT2D eigenvalue weighted by Crippen LogP contribution is -2.26. The summed E-state index contributed by atoms with van der Waals surface area (Å²) in [5, 5.41) is 14.2. The molecule has 0 saturated carbocycles. The highest BCUT2D eigenvalue weighted by Crippen LogP contribution is 2.14. The third-order valence-corrected chi connectivity index (χ3v) is 2.46. The summed E-state index contributed by atoms with van der Waals surface area (Å²) in [5.41, 5.74) is 8.95. The summed E-state index contributed by atoms with van der Waals surface area (Å²) >= 11 is 4.12. The molecule has 0 amide bonds. The van der Waals surface area contributed by atoms with E-state index in [0.717, 1.165) is 11.8 Å². The van der Waals surface area contributed by atoms with Gasteiger partial charge in [0.1, 0.15) is 5.03 Å². The highest BCUT2D eigenvalue weighted by atomic mass is 32.1. The van der Waals surface area contributed by atoms with Crippen molar-refractivity contribution < 1.29 is 4.92 Å². The minimum absolute atomic E-state index is 0.0197. The van der Waals surface area contributed by atoms with Crippen molar-refractivity contribution in [2.75, 3.05) is 0 Å². The molecule has 6 heteroatoms. The number of thiol groups is 1. The van der Waals surface area contributed by atoms with Crippen LogP contribution in [0.1, 0.15) is 13.3 Å². The Bertz CT molecular complexity index is 420. The quantitative estimate of drug-likeness (QED) is 0.300. The molecule has 0 aromatic carbocycles. The van der Waals surface area contributed by atoms with Crippen molar-refractivity contribution in [2.24, 2.45) is 5.73 Å². The zero-order valence-electron chi connectivity index (χ0n) is 8.80. The van der Waals surface area contributed by atoms with Crippen LogP contribution in [0.15, 0.2) is 40.4 Å². The maximum Gasteiger partial charge on any atom is 0.265 e. The van der Waals surface area contributed by atoms with E-state index in [0.29, 0.717) is 5.03 Å². The normalized spacial score (nSPS) is 22.9. The van der Waals surface area contributed by atoms with Crippen LogP contribution in [0.4, 0.5) is 0 Å². The highest BCUT2D eigenvalue weighted by Gasteiger charge is 2.12. The van der Waals surface area contributed by atoms with E-state index in [4.69, 9.17) is 5.73 Å². The number of nitrogens with one attached hydrogen (secondary N) is 1. The van der Waals surface area contributed by atoms with Gasteiger partial charge in [-0.3, -0.25) is 10.1 Å². The van der Waals surface area contributed by atoms with E-state index in [9.17, 15) is 10.1 Å². The number of nitro groups is 1. The van der Waals surface area contributed by atoms with Crippen LogP contribution >= 0.6 is 12.6 Å². The fraction of sp³-hybridized carbons (Fsp3) is 0.300. The summed E-state index contributed by atoms with van der Waals surface area (Å²) in [7, 11) is 0. The van der Waals surface area contributed by atoms with E-state index in [1.165, 1.54) is 0 Å². The molecule has 1 aliphatic rings. The predicted octanol–water partition coefficient (Wildman–Crippen LogP) is 1.30. The largest absolute Gasteiger partial charge is 0.399 e. The molecule has 0 bridgehead atoms. The van der Waals surface area contributed by atoms with Crippen molar-refractivity contribution in [3.05, 3.63) is 50.5 Å². The first kappa shape index (κ1) is 12.4. The average Bonchev–Trinajstić information content (AvgIpc) is 2.21. The van der Waals surface area contributed by atoms with Gasteiger partial charge in [-0.2, -0.15) is 0 Å². The molecule has 16 heavy (non-hydrogen) atoms. The van der Waals surface area contributed by atoms with Gasteiger partial charge in [-0.1, -0.05) is 11.8 Å². The van der Waals surface area contributed by atoms with Gasteiger partial charge in [-0.25, -0.2) is 0 Å². The monoisotopic (exact) mass is 239 g/mol. The van der Waals surface area contributed by atoms with Gasteiger partial charge in [0.25, 0.3) is 5.70 Å². The van der Waals surface area contributed by atoms with Gasteiger partial charge in [0, 0.05) is 6.04 Å². The Morgan fingerprint density at radius 2 is 2.56 bits per heavy atom. The Morgan fingerprint density at radius 1 is 1.88 bits per heavy atom. The maximum atomic E-state index is 10.5. The van der Waals surface area contributed by atoms with Crippen molar-refractivity contribution in [2.45, 2.75) is 19.4 Å². The molecular formula is C10H13N3O2S. The van der Waals surface area contributed by atoms with Crippen LogP contribution in [-0.4, -0.2) is 11.0 Å². The molecule has 1 atom stereocenters. The Hall–Kier alpha value is -1.65. The summed E-state index contributed by atoms with van der Waals surface area (Å²) in [6, 6.07) is 0.0690. The lowest BCUT2D eigenvalue weighted by molar-refractivity contribution is -0.427. The van der Waals surface area contributed by atoms with Crippen molar-refractivity contribution in [1.82, 2.24) is 5.32 Å². The summed E-state index contributed by atoms with van der Waals surface area (Å²) in [6.07, 6.45) is 4.73. The molecule has 0 saturated heterocycles. The molecule has 5 nitrogen and oxygen atoms in total. The van der Waals surface area contributed by atoms with E-state index >= 15 is 0 Å². The van der Waals surface area contributed by atoms with Crippen LogP contribution in [-0.2, 0) is 0 Å². The summed E-state index contributed by atoms with van der Waals surface area (Å²) in [4.78, 5) is 10.0. The van der Waals surface area contributed by atoms with Gasteiger partial charge in [0.15, 0.2) is 0 Å². The molecule has 1 aliphatic heterocycles. The van der Waals surface area contributed by atoms with E-state index < -0.39 is 4.92 Å². The van der Waals surface area contributed by atoms with Crippen molar-refractivity contribution in [3.8, 4) is 0 Å². The van der Waals surface area contributed by atoms with E-state index in [-0.39, 0.29) is 18.2 Å². The molecule has 86 valence electrons. The van der Waals surface area contributed by atoms with Gasteiger partial charge in [-0.15, -0.1) is 12.6 Å². The van der Waals surface area contributed by atoms with Crippen LogP contribution in [0.25, 0.3) is 0 Å². The predicted molar refractivity (Wildman–Crippen MR) is 65.1 cm³/mol. The van der Waals surface area contributed by atoms with Gasteiger partial charge >= 0.3 is 0 Å². The number of nitrogens with zero attached hydrogens (tertiary/aromatic N) is 1. The highest BCUT2D eigenvalue weighted by molar-refractivity contribution is 7.84. The van der Waals surface area contributed by atoms with E-state index in [2.05, 4.69) is 23.7 Å². The van der Waals surface area contributed by atoms with Crippen LogP contribution in [0.3, 0.4) is 0 Å². The molecular weight excluding hydrogens is 226 g/mol. The smallest absolute Gasteiger partial charge is 0.265 e. The van der Waals surface area contributed by atoms with Crippen molar-refractivity contribution >= 4 is 12.6 Å². The summed E-state index contributed by atoms with van der Waals surface area (Å²) in [5.74, 6) is 0. The number of allylic oxidation sites excluding steroid dienone is 1. The first-order valence-corrected chi connectivity index (χ1v) is 5.16. The lowest BCUT2D eigenvalue weighted by atomic mass is 10.1. The first-order valence-electron chi connectivity index (χ1n) is 4.72. The molecule has 0 spiro atoms. The summed E-state index contributed by atoms with van der Waals surface area (Å²) < 4.78 is 0. The van der Waals surface area contributed by atoms with Crippen molar-refractivity contribution in [1.29, 1.82) is 0 Å². The summed E-state index contributed by atoms with van der Waals surface area (Å²) in [6.45, 7) is 1.94. The maximum absolute atomic E-state index is 10.5. The molecule has 1 unspecified atom stereocenters. The SMILES string of the molecule is CC1NC(S)=C=C/C1=C/C/C(=C\N)[N+](=O)[O-]. The van der Waals surface area contributed by atoms with Gasteiger partial charge < -0.3 is 11.1 Å². The fourth-order valence-corrected chi connectivity index (χ4v) is 1.53. The third kappa shape index (κ3) is 3.18. The number of hydrogen-bond acceptors (Lipinski definition) is 5. The molecule has 3 N–H and O–H groups in total. The van der Waals surface area contributed by atoms with E-state index in [1.807, 2.05) is 6.92 Å². The average molecular weight is 239 g/mol. The molecule has 0 radical (unpaired) electrons. The molecule has 0 aromatic rings. The van der Waals surface area contributed by atoms with Crippen LogP contribution < -0.4 is 11.1 Å². The lowest BCUT2D eigenvalue weighted by Gasteiger charge is -2.18. The van der Waals surface area contributed by atoms with Crippen LogP contribution in [0.2, 0.25) is 0 Å². The Kier molecular flexibility index (Phi) is 4.22. The molecule has 0 aromatic heterocycles. The standard InChI is InChI=1S/C10H13N3O2S/c1-7-8(3-5-10(16)12-7)2-4-9(6-11)13(14)15/h2-3,6-7,12,16H,4,11H2,1H3/b8-2-,9-6+. The molecule has 1 rings (SSSR count).